The second-order valence-electron chi connectivity index (χ2n) is 6.54. The van der Waals surface area contributed by atoms with Crippen molar-refractivity contribution >= 4 is 0 Å². The predicted molar refractivity (Wildman–Crippen MR) is 64.7 cm³/mol. The van der Waals surface area contributed by atoms with Crippen molar-refractivity contribution in [2.45, 2.75) is 70.1 Å². The highest BCUT2D eigenvalue weighted by molar-refractivity contribution is 5.20. The molecule has 0 unspecified atom stereocenters. The molecular formula is C14H22O3. The van der Waals surface area contributed by atoms with Crippen LogP contribution in [-0.4, -0.2) is 29.7 Å². The lowest BCUT2D eigenvalue weighted by molar-refractivity contribution is -0.0714. The van der Waals surface area contributed by atoms with E-state index in [1.165, 1.54) is 18.4 Å². The Morgan fingerprint density at radius 2 is 1.65 bits per heavy atom. The smallest absolute Gasteiger partial charge is 0.181 e. The van der Waals surface area contributed by atoms with E-state index in [9.17, 15) is 0 Å². The van der Waals surface area contributed by atoms with E-state index in [1.54, 1.807) is 0 Å². The van der Waals surface area contributed by atoms with Crippen LogP contribution in [0.4, 0.5) is 0 Å². The molecule has 0 bridgehead atoms. The molecule has 0 amide bonds. The van der Waals surface area contributed by atoms with E-state index in [0.29, 0.717) is 6.61 Å². The summed E-state index contributed by atoms with van der Waals surface area (Å²) in [6.07, 6.45) is 5.30. The lowest BCUT2D eigenvalue weighted by Crippen LogP contribution is -2.41. The van der Waals surface area contributed by atoms with Crippen LogP contribution in [-0.2, 0) is 14.2 Å². The summed E-state index contributed by atoms with van der Waals surface area (Å²) in [7, 11) is 0. The van der Waals surface area contributed by atoms with Gasteiger partial charge >= 0.3 is 0 Å². The third-order valence-electron chi connectivity index (χ3n) is 4.63. The Hall–Kier alpha value is -0.380. The first-order valence-electron chi connectivity index (χ1n) is 6.52. The molecule has 0 aromatic carbocycles. The number of hydrogen-bond acceptors (Lipinski definition) is 3. The normalized spacial score (nSPS) is 33.8. The molecule has 0 aromatic heterocycles. The van der Waals surface area contributed by atoms with Gasteiger partial charge in [0, 0.05) is 6.42 Å². The van der Waals surface area contributed by atoms with Crippen LogP contribution >= 0.6 is 0 Å². The van der Waals surface area contributed by atoms with Crippen LogP contribution in [0.15, 0.2) is 11.6 Å². The van der Waals surface area contributed by atoms with Crippen molar-refractivity contribution in [3.63, 3.8) is 0 Å². The van der Waals surface area contributed by atoms with E-state index in [1.807, 2.05) is 0 Å². The molecule has 3 heteroatoms. The second-order valence-corrected chi connectivity index (χ2v) is 6.54. The van der Waals surface area contributed by atoms with Crippen LogP contribution in [0.3, 0.4) is 0 Å². The minimum Gasteiger partial charge on any atom is -0.371 e. The zero-order valence-electron chi connectivity index (χ0n) is 11.2. The second kappa shape index (κ2) is 3.34. The average molecular weight is 238 g/mol. The molecule has 1 saturated heterocycles. The minimum atomic E-state index is -0.243. The summed E-state index contributed by atoms with van der Waals surface area (Å²) in [5, 5.41) is 0. The molecule has 3 rings (SSSR count). The van der Waals surface area contributed by atoms with Gasteiger partial charge in [0.1, 0.15) is 0 Å². The fraction of sp³-hybridized carbons (Fsp3) is 0.857. The van der Waals surface area contributed by atoms with E-state index in [0.717, 1.165) is 6.42 Å². The summed E-state index contributed by atoms with van der Waals surface area (Å²) in [4.78, 5) is 0. The third kappa shape index (κ3) is 1.85. The first-order valence-corrected chi connectivity index (χ1v) is 6.52. The van der Waals surface area contributed by atoms with Gasteiger partial charge in [-0.2, -0.15) is 0 Å². The zero-order chi connectivity index (χ0) is 12.3. The number of hydrogen-bond donors (Lipinski definition) is 0. The third-order valence-corrected chi connectivity index (χ3v) is 4.63. The molecule has 1 aliphatic carbocycles. The molecule has 0 N–H and O–H groups in total. The van der Waals surface area contributed by atoms with Crippen molar-refractivity contribution in [3.05, 3.63) is 11.6 Å². The fourth-order valence-corrected chi connectivity index (χ4v) is 2.46. The Morgan fingerprint density at radius 1 is 1.06 bits per heavy atom. The molecule has 2 aliphatic heterocycles. The molecular weight excluding hydrogens is 216 g/mol. The van der Waals surface area contributed by atoms with Gasteiger partial charge in [-0.05, 0) is 46.1 Å². The predicted octanol–water partition coefficient (Wildman–Crippen LogP) is 2.80. The zero-order valence-corrected chi connectivity index (χ0v) is 11.2. The molecule has 3 aliphatic rings. The van der Waals surface area contributed by atoms with Gasteiger partial charge in [0.2, 0.25) is 0 Å². The van der Waals surface area contributed by atoms with Gasteiger partial charge in [-0.1, -0.05) is 6.08 Å². The van der Waals surface area contributed by atoms with Crippen molar-refractivity contribution in [3.8, 4) is 0 Å². The van der Waals surface area contributed by atoms with Crippen LogP contribution in [0, 0.1) is 0 Å². The molecule has 2 fully saturated rings. The summed E-state index contributed by atoms with van der Waals surface area (Å²) < 4.78 is 17.9. The number of rotatable bonds is 1. The van der Waals surface area contributed by atoms with Crippen LogP contribution in [0.5, 0.6) is 0 Å². The van der Waals surface area contributed by atoms with Crippen molar-refractivity contribution in [2.75, 3.05) is 6.61 Å². The van der Waals surface area contributed by atoms with Gasteiger partial charge in [-0.3, -0.25) is 0 Å². The summed E-state index contributed by atoms with van der Waals surface area (Å²) in [6, 6.07) is 0. The minimum absolute atomic E-state index is 0.133. The highest BCUT2D eigenvalue weighted by Gasteiger charge is 2.53. The number of ether oxygens (including phenoxy) is 3. The first-order chi connectivity index (χ1) is 7.84. The highest BCUT2D eigenvalue weighted by atomic mass is 16.7. The van der Waals surface area contributed by atoms with E-state index in [4.69, 9.17) is 14.2 Å². The standard InChI is InChI=1S/C14H22O3/c1-12(2)13(3,4)17-11(16-12)10-5-8-15-14(9-10)6-7-14/h5,11H,6-9H2,1-4H3. The van der Waals surface area contributed by atoms with Gasteiger partial charge in [0.25, 0.3) is 0 Å². The Bertz CT molecular complexity index is 348. The van der Waals surface area contributed by atoms with Crippen molar-refractivity contribution in [2.24, 2.45) is 0 Å². The quantitative estimate of drug-likeness (QED) is 0.657. The van der Waals surface area contributed by atoms with Crippen LogP contribution in [0.1, 0.15) is 47.0 Å². The van der Waals surface area contributed by atoms with Crippen molar-refractivity contribution < 1.29 is 14.2 Å². The summed E-state index contributed by atoms with van der Waals surface area (Å²) >= 11 is 0. The summed E-state index contributed by atoms with van der Waals surface area (Å²) in [6.45, 7) is 9.10. The average Bonchev–Trinajstić information content (AvgIpc) is 2.90. The van der Waals surface area contributed by atoms with Gasteiger partial charge < -0.3 is 14.2 Å². The Balaban J connectivity index is 1.76. The van der Waals surface area contributed by atoms with E-state index in [2.05, 4.69) is 33.8 Å². The molecule has 0 atom stereocenters. The molecule has 0 radical (unpaired) electrons. The molecule has 0 aromatic rings. The molecule has 1 saturated carbocycles. The molecule has 1 spiro atoms. The maximum atomic E-state index is 6.08. The van der Waals surface area contributed by atoms with Gasteiger partial charge in [-0.25, -0.2) is 0 Å². The first kappa shape index (κ1) is 11.7. The van der Waals surface area contributed by atoms with Crippen molar-refractivity contribution in [1.82, 2.24) is 0 Å². The van der Waals surface area contributed by atoms with Crippen LogP contribution in [0.2, 0.25) is 0 Å². The molecule has 2 heterocycles. The SMILES string of the molecule is CC1(C)OC(C2=CCOC3(CC3)C2)OC1(C)C. The summed E-state index contributed by atoms with van der Waals surface area (Å²) in [5.74, 6) is 0. The van der Waals surface area contributed by atoms with Gasteiger partial charge in [0.15, 0.2) is 6.29 Å². The molecule has 96 valence electrons. The van der Waals surface area contributed by atoms with Crippen LogP contribution < -0.4 is 0 Å². The maximum Gasteiger partial charge on any atom is 0.181 e. The summed E-state index contributed by atoms with van der Waals surface area (Å²) in [5.41, 5.74) is 0.918. The van der Waals surface area contributed by atoms with Gasteiger partial charge in [-0.15, -0.1) is 0 Å². The molecule has 3 nitrogen and oxygen atoms in total. The largest absolute Gasteiger partial charge is 0.371 e. The fourth-order valence-electron chi connectivity index (χ4n) is 2.46. The van der Waals surface area contributed by atoms with E-state index >= 15 is 0 Å². The topological polar surface area (TPSA) is 27.7 Å². The lowest BCUT2D eigenvalue weighted by atomic mass is 9.90. The van der Waals surface area contributed by atoms with Gasteiger partial charge in [0.05, 0.1) is 23.4 Å². The highest BCUT2D eigenvalue weighted by Crippen LogP contribution is 2.49. The monoisotopic (exact) mass is 238 g/mol. The maximum absolute atomic E-state index is 6.08. The van der Waals surface area contributed by atoms with E-state index < -0.39 is 0 Å². The van der Waals surface area contributed by atoms with E-state index in [-0.39, 0.29) is 23.1 Å². The lowest BCUT2D eigenvalue weighted by Gasteiger charge is -2.30. The van der Waals surface area contributed by atoms with Crippen LogP contribution in [0.25, 0.3) is 0 Å². The Morgan fingerprint density at radius 3 is 2.18 bits per heavy atom. The Kier molecular flexibility index (Phi) is 2.30. The Labute approximate surface area is 103 Å². The molecule has 17 heavy (non-hydrogen) atoms. The van der Waals surface area contributed by atoms with Crippen molar-refractivity contribution in [1.29, 1.82) is 0 Å².